The van der Waals surface area contributed by atoms with E-state index < -0.39 is 30.6 Å². The van der Waals surface area contributed by atoms with E-state index in [-0.39, 0.29) is 0 Å². The van der Waals surface area contributed by atoms with Crippen LogP contribution in [0, 0.1) is 13.8 Å². The first-order chi connectivity index (χ1) is 11.8. The molecular formula is C19H24N2O4. The molecule has 3 rings (SSSR count). The van der Waals surface area contributed by atoms with E-state index >= 15 is 0 Å². The van der Waals surface area contributed by atoms with Crippen LogP contribution in [0.2, 0.25) is 0 Å². The maximum absolute atomic E-state index is 10.6. The summed E-state index contributed by atoms with van der Waals surface area (Å²) >= 11 is 0. The zero-order valence-electron chi connectivity index (χ0n) is 14.3. The SMILES string of the molecule is C=C(N)c1c(C)cn([C@@H]2O[C@H]([C@H](O)c3ccccc3)[C@@H](O)[C@H]2O)c1C. The molecule has 1 aliphatic rings. The van der Waals surface area contributed by atoms with Gasteiger partial charge in [0.2, 0.25) is 0 Å². The minimum absolute atomic E-state index is 0.433. The maximum Gasteiger partial charge on any atom is 0.163 e. The van der Waals surface area contributed by atoms with E-state index in [2.05, 4.69) is 6.58 Å². The fraction of sp³-hybridized carbons (Fsp3) is 0.368. The molecule has 6 heteroatoms. The molecule has 0 unspecified atom stereocenters. The van der Waals surface area contributed by atoms with Gasteiger partial charge in [-0.1, -0.05) is 36.9 Å². The minimum atomic E-state index is -1.22. The van der Waals surface area contributed by atoms with E-state index in [4.69, 9.17) is 10.5 Å². The second-order valence-electron chi connectivity index (χ2n) is 6.53. The topological polar surface area (TPSA) is 101 Å². The molecule has 0 bridgehead atoms. The summed E-state index contributed by atoms with van der Waals surface area (Å²) in [4.78, 5) is 0. The molecule has 0 spiro atoms. The molecule has 1 fully saturated rings. The monoisotopic (exact) mass is 344 g/mol. The van der Waals surface area contributed by atoms with Crippen LogP contribution in [0.1, 0.15) is 34.7 Å². The Bertz CT molecular complexity index is 771. The van der Waals surface area contributed by atoms with E-state index in [1.807, 2.05) is 19.9 Å². The van der Waals surface area contributed by atoms with Crippen molar-refractivity contribution in [1.82, 2.24) is 4.57 Å². The predicted octanol–water partition coefficient (Wildman–Crippen LogP) is 1.39. The average molecular weight is 344 g/mol. The number of rotatable bonds is 4. The van der Waals surface area contributed by atoms with E-state index in [9.17, 15) is 15.3 Å². The summed E-state index contributed by atoms with van der Waals surface area (Å²) < 4.78 is 7.59. The minimum Gasteiger partial charge on any atom is -0.399 e. The fourth-order valence-corrected chi connectivity index (χ4v) is 3.55. The predicted molar refractivity (Wildman–Crippen MR) is 94.5 cm³/mol. The van der Waals surface area contributed by atoms with Gasteiger partial charge in [0.15, 0.2) is 6.23 Å². The van der Waals surface area contributed by atoms with Crippen LogP contribution in [0.15, 0.2) is 43.1 Å². The van der Waals surface area contributed by atoms with Crippen LogP contribution < -0.4 is 5.73 Å². The van der Waals surface area contributed by atoms with Crippen molar-refractivity contribution < 1.29 is 20.1 Å². The molecule has 134 valence electrons. The number of hydrogen-bond donors (Lipinski definition) is 4. The third-order valence-corrected chi connectivity index (χ3v) is 4.80. The fourth-order valence-electron chi connectivity index (χ4n) is 3.55. The van der Waals surface area contributed by atoms with Crippen LogP contribution in [-0.4, -0.2) is 38.2 Å². The molecule has 1 aromatic carbocycles. The molecule has 5 atom stereocenters. The lowest BCUT2D eigenvalue weighted by molar-refractivity contribution is -0.0864. The van der Waals surface area contributed by atoms with Gasteiger partial charge in [0.1, 0.15) is 24.4 Å². The van der Waals surface area contributed by atoms with Gasteiger partial charge in [-0.25, -0.2) is 0 Å². The number of aryl methyl sites for hydroxylation is 1. The molecule has 0 aliphatic carbocycles. The van der Waals surface area contributed by atoms with Crippen molar-refractivity contribution in [3.63, 3.8) is 0 Å². The Labute approximate surface area is 146 Å². The second-order valence-corrected chi connectivity index (χ2v) is 6.53. The lowest BCUT2D eigenvalue weighted by atomic mass is 9.99. The van der Waals surface area contributed by atoms with Crippen LogP contribution in [0.4, 0.5) is 0 Å². The molecule has 0 saturated carbocycles. The van der Waals surface area contributed by atoms with Crippen molar-refractivity contribution in [2.75, 3.05) is 0 Å². The summed E-state index contributed by atoms with van der Waals surface area (Å²) in [5, 5.41) is 31.4. The summed E-state index contributed by atoms with van der Waals surface area (Å²) in [7, 11) is 0. The van der Waals surface area contributed by atoms with E-state index in [0.717, 1.165) is 16.8 Å². The molecule has 1 aliphatic heterocycles. The third-order valence-electron chi connectivity index (χ3n) is 4.80. The van der Waals surface area contributed by atoms with Crippen molar-refractivity contribution in [1.29, 1.82) is 0 Å². The number of aromatic nitrogens is 1. The Hall–Kier alpha value is -2.12. The molecule has 2 heterocycles. The highest BCUT2D eigenvalue weighted by molar-refractivity contribution is 5.65. The summed E-state index contributed by atoms with van der Waals surface area (Å²) in [6.45, 7) is 7.52. The first-order valence-electron chi connectivity index (χ1n) is 8.20. The van der Waals surface area contributed by atoms with Gasteiger partial charge in [-0.05, 0) is 25.0 Å². The van der Waals surface area contributed by atoms with Crippen molar-refractivity contribution >= 4 is 5.70 Å². The van der Waals surface area contributed by atoms with E-state index in [1.54, 1.807) is 35.0 Å². The van der Waals surface area contributed by atoms with Gasteiger partial charge in [0.25, 0.3) is 0 Å². The van der Waals surface area contributed by atoms with Gasteiger partial charge >= 0.3 is 0 Å². The molecule has 0 amide bonds. The smallest absolute Gasteiger partial charge is 0.163 e. The summed E-state index contributed by atoms with van der Waals surface area (Å²) in [5.74, 6) is 0. The Morgan fingerprint density at radius 3 is 2.40 bits per heavy atom. The van der Waals surface area contributed by atoms with Crippen LogP contribution in [0.25, 0.3) is 5.70 Å². The van der Waals surface area contributed by atoms with Gasteiger partial charge in [-0.2, -0.15) is 0 Å². The maximum atomic E-state index is 10.6. The van der Waals surface area contributed by atoms with Gasteiger partial charge in [0.05, 0.1) is 0 Å². The highest BCUT2D eigenvalue weighted by atomic mass is 16.6. The summed E-state index contributed by atoms with van der Waals surface area (Å²) in [6, 6.07) is 8.94. The molecule has 25 heavy (non-hydrogen) atoms. The van der Waals surface area contributed by atoms with Crippen LogP contribution in [0.5, 0.6) is 0 Å². The van der Waals surface area contributed by atoms with E-state index in [0.29, 0.717) is 11.3 Å². The third kappa shape index (κ3) is 2.98. The number of benzene rings is 1. The number of ether oxygens (including phenoxy) is 1. The molecule has 2 aromatic rings. The van der Waals surface area contributed by atoms with Gasteiger partial charge in [-0.3, -0.25) is 0 Å². The molecule has 1 aromatic heterocycles. The normalized spacial score (nSPS) is 27.4. The average Bonchev–Trinajstić information content (AvgIpc) is 3.04. The van der Waals surface area contributed by atoms with Crippen molar-refractivity contribution in [3.8, 4) is 0 Å². The summed E-state index contributed by atoms with van der Waals surface area (Å²) in [6.07, 6.45) is -3.38. The zero-order valence-corrected chi connectivity index (χ0v) is 14.3. The van der Waals surface area contributed by atoms with Crippen molar-refractivity contribution in [2.45, 2.75) is 44.5 Å². The van der Waals surface area contributed by atoms with Gasteiger partial charge in [-0.15, -0.1) is 0 Å². The largest absolute Gasteiger partial charge is 0.399 e. The zero-order chi connectivity index (χ0) is 18.3. The first-order valence-corrected chi connectivity index (χ1v) is 8.20. The highest BCUT2D eigenvalue weighted by Crippen LogP contribution is 2.38. The van der Waals surface area contributed by atoms with Crippen LogP contribution >= 0.6 is 0 Å². The first kappa shape index (κ1) is 17.7. The molecular weight excluding hydrogens is 320 g/mol. The van der Waals surface area contributed by atoms with Crippen molar-refractivity contribution in [2.24, 2.45) is 5.73 Å². The van der Waals surface area contributed by atoms with Crippen LogP contribution in [-0.2, 0) is 4.74 Å². The molecule has 6 nitrogen and oxygen atoms in total. The van der Waals surface area contributed by atoms with Crippen LogP contribution in [0.3, 0.4) is 0 Å². The lowest BCUT2D eigenvalue weighted by Gasteiger charge is -2.21. The molecule has 1 saturated heterocycles. The standard InChI is InChI=1S/C19H24N2O4/c1-10-9-21(12(3)14(10)11(2)20)19-17(24)16(23)18(25-19)15(22)13-7-5-4-6-8-13/h4-9,15-19,22-24H,2,20H2,1,3H3/t15-,16+,17-,18-,19-/m1/s1. The van der Waals surface area contributed by atoms with Crippen molar-refractivity contribution in [3.05, 3.63) is 65.5 Å². The highest BCUT2D eigenvalue weighted by Gasteiger charge is 2.47. The number of nitrogens with zero attached hydrogens (tertiary/aromatic N) is 1. The van der Waals surface area contributed by atoms with Gasteiger partial charge in [0, 0.05) is 23.2 Å². The number of aliphatic hydroxyl groups is 3. The van der Waals surface area contributed by atoms with Gasteiger partial charge < -0.3 is 30.4 Å². The Kier molecular flexibility index (Phi) is 4.71. The quantitative estimate of drug-likeness (QED) is 0.671. The molecule has 0 radical (unpaired) electrons. The van der Waals surface area contributed by atoms with E-state index in [1.165, 1.54) is 0 Å². The summed E-state index contributed by atoms with van der Waals surface area (Å²) in [5.41, 5.74) is 9.39. The lowest BCUT2D eigenvalue weighted by Crippen LogP contribution is -2.34. The number of hydrogen-bond acceptors (Lipinski definition) is 5. The number of aliphatic hydroxyl groups excluding tert-OH is 3. The Balaban J connectivity index is 1.91. The molecule has 5 N–H and O–H groups in total. The Morgan fingerprint density at radius 1 is 1.20 bits per heavy atom. The number of nitrogens with two attached hydrogens (primary N) is 1. The second kappa shape index (κ2) is 6.65. The Morgan fingerprint density at radius 2 is 1.84 bits per heavy atom.